The molecule has 3 unspecified atom stereocenters. The Morgan fingerprint density at radius 3 is 2.61 bits per heavy atom. The number of fused-ring (bicyclic) bond motifs is 1. The zero-order valence-electron chi connectivity index (χ0n) is 11.6. The van der Waals surface area contributed by atoms with Crippen molar-refractivity contribution in [2.45, 2.75) is 45.6 Å². The van der Waals surface area contributed by atoms with Crippen LogP contribution in [0.2, 0.25) is 0 Å². The summed E-state index contributed by atoms with van der Waals surface area (Å²) in [6, 6.07) is 10.4. The minimum atomic E-state index is 0.112. The third-order valence-corrected chi connectivity index (χ3v) is 5.25. The van der Waals surface area contributed by atoms with E-state index in [1.807, 2.05) is 12.7 Å². The van der Waals surface area contributed by atoms with Crippen LogP contribution >= 0.6 is 0 Å². The van der Waals surface area contributed by atoms with Crippen LogP contribution in [-0.4, -0.2) is 5.60 Å². The van der Waals surface area contributed by atoms with Gasteiger partial charge in [0, 0.05) is 0 Å². The predicted molar refractivity (Wildman–Crippen MR) is 73.9 cm³/mol. The highest BCUT2D eigenvalue weighted by atomic mass is 16.5. The van der Waals surface area contributed by atoms with Gasteiger partial charge in [-0.2, -0.15) is 0 Å². The molecular formula is C17H23O. The van der Waals surface area contributed by atoms with Crippen molar-refractivity contribution < 1.29 is 4.74 Å². The number of rotatable bonds is 3. The van der Waals surface area contributed by atoms with Crippen LogP contribution in [-0.2, 0) is 4.74 Å². The average molecular weight is 243 g/mol. The number of hydrogen-bond acceptors (Lipinski definition) is 1. The molecule has 1 aromatic carbocycles. The topological polar surface area (TPSA) is 9.23 Å². The molecule has 0 saturated heterocycles. The molecule has 2 saturated carbocycles. The maximum Gasteiger partial charge on any atom is 0.114 e. The lowest BCUT2D eigenvalue weighted by Crippen LogP contribution is -2.26. The Morgan fingerprint density at radius 1 is 1.17 bits per heavy atom. The highest BCUT2D eigenvalue weighted by Gasteiger charge is 2.73. The van der Waals surface area contributed by atoms with Crippen molar-refractivity contribution >= 4 is 0 Å². The van der Waals surface area contributed by atoms with Crippen LogP contribution in [0, 0.1) is 23.9 Å². The van der Waals surface area contributed by atoms with Gasteiger partial charge in [-0.15, -0.1) is 0 Å². The fourth-order valence-corrected chi connectivity index (χ4v) is 3.98. The standard InChI is InChI=1S/C17H23O/c1-13-9-10-15-16(2,3)17(15,11-13)18-12-14-7-5-4-6-8-14/h4-8,12-13,15H,9-11H2,1-3H3. The molecule has 0 heterocycles. The molecule has 1 radical (unpaired) electrons. The lowest BCUT2D eigenvalue weighted by atomic mass is 9.88. The first-order valence-electron chi connectivity index (χ1n) is 7.12. The molecule has 0 amide bonds. The van der Waals surface area contributed by atoms with E-state index in [2.05, 4.69) is 45.0 Å². The Balaban J connectivity index is 1.71. The highest BCUT2D eigenvalue weighted by Crippen LogP contribution is 2.71. The van der Waals surface area contributed by atoms with E-state index >= 15 is 0 Å². The normalized spacial score (nSPS) is 37.1. The molecule has 1 nitrogen and oxygen atoms in total. The molecule has 2 aliphatic rings. The van der Waals surface area contributed by atoms with E-state index < -0.39 is 0 Å². The summed E-state index contributed by atoms with van der Waals surface area (Å²) in [6.45, 7) is 9.07. The minimum absolute atomic E-state index is 0.112. The van der Waals surface area contributed by atoms with Crippen molar-refractivity contribution in [2.75, 3.05) is 0 Å². The van der Waals surface area contributed by atoms with Gasteiger partial charge in [-0.05, 0) is 35.7 Å². The first-order chi connectivity index (χ1) is 8.56. The van der Waals surface area contributed by atoms with Crippen LogP contribution in [0.4, 0.5) is 0 Å². The monoisotopic (exact) mass is 243 g/mol. The van der Waals surface area contributed by atoms with Gasteiger partial charge in [0.2, 0.25) is 0 Å². The van der Waals surface area contributed by atoms with Gasteiger partial charge in [-0.1, -0.05) is 57.5 Å². The Labute approximate surface area is 111 Å². The van der Waals surface area contributed by atoms with E-state index in [0.29, 0.717) is 5.41 Å². The van der Waals surface area contributed by atoms with Crippen molar-refractivity contribution in [3.8, 4) is 0 Å². The second-order valence-electron chi connectivity index (χ2n) is 6.70. The van der Waals surface area contributed by atoms with E-state index in [1.54, 1.807) is 0 Å². The van der Waals surface area contributed by atoms with Crippen LogP contribution in [0.25, 0.3) is 0 Å². The Hall–Kier alpha value is -0.820. The first-order valence-corrected chi connectivity index (χ1v) is 7.12. The molecule has 1 heteroatoms. The molecule has 0 bridgehead atoms. The SMILES string of the molecule is CC1CCC2C(C)(C)C2(O[CH]c2ccccc2)C1. The molecule has 97 valence electrons. The Kier molecular flexibility index (Phi) is 2.78. The van der Waals surface area contributed by atoms with Crippen LogP contribution in [0.15, 0.2) is 30.3 Å². The quantitative estimate of drug-likeness (QED) is 0.763. The van der Waals surface area contributed by atoms with Crippen LogP contribution in [0.1, 0.15) is 45.6 Å². The van der Waals surface area contributed by atoms with E-state index in [4.69, 9.17) is 4.74 Å². The summed E-state index contributed by atoms with van der Waals surface area (Å²) in [5, 5.41) is 0. The van der Waals surface area contributed by atoms with E-state index in [0.717, 1.165) is 11.8 Å². The molecular weight excluding hydrogens is 220 g/mol. The molecule has 2 fully saturated rings. The van der Waals surface area contributed by atoms with Gasteiger partial charge < -0.3 is 4.74 Å². The summed E-state index contributed by atoms with van der Waals surface area (Å²) in [4.78, 5) is 0. The van der Waals surface area contributed by atoms with Gasteiger partial charge in [0.1, 0.15) is 6.61 Å². The number of ether oxygens (including phenoxy) is 1. The lowest BCUT2D eigenvalue weighted by Gasteiger charge is -2.28. The molecule has 2 aliphatic carbocycles. The Bertz CT molecular complexity index is 422. The molecule has 3 rings (SSSR count). The van der Waals surface area contributed by atoms with Crippen LogP contribution in [0.5, 0.6) is 0 Å². The van der Waals surface area contributed by atoms with Gasteiger partial charge in [0.15, 0.2) is 0 Å². The van der Waals surface area contributed by atoms with Gasteiger partial charge in [-0.3, -0.25) is 0 Å². The maximum atomic E-state index is 6.29. The summed E-state index contributed by atoms with van der Waals surface area (Å²) >= 11 is 0. The van der Waals surface area contributed by atoms with Gasteiger partial charge in [0.05, 0.1) is 5.60 Å². The molecule has 3 atom stereocenters. The molecule has 0 aromatic heterocycles. The van der Waals surface area contributed by atoms with Crippen molar-refractivity contribution in [2.24, 2.45) is 17.3 Å². The molecule has 0 spiro atoms. The third-order valence-electron chi connectivity index (χ3n) is 5.25. The molecule has 18 heavy (non-hydrogen) atoms. The second kappa shape index (κ2) is 4.09. The average Bonchev–Trinajstić information content (AvgIpc) is 2.84. The zero-order valence-corrected chi connectivity index (χ0v) is 11.6. The van der Waals surface area contributed by atoms with Crippen molar-refractivity contribution in [3.63, 3.8) is 0 Å². The van der Waals surface area contributed by atoms with Gasteiger partial charge in [0.25, 0.3) is 0 Å². The highest BCUT2D eigenvalue weighted by molar-refractivity contribution is 5.26. The van der Waals surface area contributed by atoms with Crippen molar-refractivity contribution in [3.05, 3.63) is 42.5 Å². The lowest BCUT2D eigenvalue weighted by molar-refractivity contribution is 0.0202. The molecule has 0 N–H and O–H groups in total. The van der Waals surface area contributed by atoms with Crippen LogP contribution in [0.3, 0.4) is 0 Å². The van der Waals surface area contributed by atoms with E-state index in [9.17, 15) is 0 Å². The van der Waals surface area contributed by atoms with Gasteiger partial charge >= 0.3 is 0 Å². The van der Waals surface area contributed by atoms with Crippen molar-refractivity contribution in [1.29, 1.82) is 0 Å². The second-order valence-corrected chi connectivity index (χ2v) is 6.70. The van der Waals surface area contributed by atoms with Crippen molar-refractivity contribution in [1.82, 2.24) is 0 Å². The maximum absolute atomic E-state index is 6.29. The first kappa shape index (κ1) is 12.2. The number of hydrogen-bond donors (Lipinski definition) is 0. The summed E-state index contributed by atoms with van der Waals surface area (Å²) in [6.07, 6.45) is 3.91. The largest absolute Gasteiger partial charge is 0.363 e. The molecule has 1 aromatic rings. The predicted octanol–water partition coefficient (Wildman–Crippen LogP) is 4.43. The minimum Gasteiger partial charge on any atom is -0.363 e. The van der Waals surface area contributed by atoms with Crippen LogP contribution < -0.4 is 0 Å². The smallest absolute Gasteiger partial charge is 0.114 e. The number of benzene rings is 1. The third kappa shape index (κ3) is 1.72. The summed E-state index contributed by atoms with van der Waals surface area (Å²) in [7, 11) is 0. The van der Waals surface area contributed by atoms with Gasteiger partial charge in [-0.25, -0.2) is 0 Å². The zero-order chi connectivity index (χ0) is 12.8. The van der Waals surface area contributed by atoms with E-state index in [1.165, 1.54) is 24.8 Å². The summed E-state index contributed by atoms with van der Waals surface area (Å²) in [5.74, 6) is 1.55. The fraction of sp³-hybridized carbons (Fsp3) is 0.588. The molecule has 0 aliphatic heterocycles. The summed E-state index contributed by atoms with van der Waals surface area (Å²) < 4.78 is 6.29. The van der Waals surface area contributed by atoms with E-state index in [-0.39, 0.29) is 5.60 Å². The Morgan fingerprint density at radius 2 is 1.89 bits per heavy atom. The summed E-state index contributed by atoms with van der Waals surface area (Å²) in [5.41, 5.74) is 1.63. The fourth-order valence-electron chi connectivity index (χ4n) is 3.98.